The van der Waals surface area contributed by atoms with Gasteiger partial charge in [0.15, 0.2) is 16.9 Å². The number of nitrogens with two attached hydrogens (primary N) is 1. The number of hydrogen-bond donors (Lipinski definition) is 1. The van der Waals surface area contributed by atoms with Crippen LogP contribution < -0.4 is 15.2 Å². The standard InChI is InChI=1S/C27H32N4O2/c1-6-32-22-11-8-17(12-23(22)33-7-2)24-20-13-18(26(3,4)5)9-10-19(20)21(14-28)25(31)27(24,15-29)16-30/h8,10-12,18,20,24H,6-7,9,13,31H2,1-5H3/t18-,20+,24+/m1/s1. The summed E-state index contributed by atoms with van der Waals surface area (Å²) >= 11 is 0. The Labute approximate surface area is 196 Å². The Balaban J connectivity index is 2.28. The summed E-state index contributed by atoms with van der Waals surface area (Å²) in [4.78, 5) is 0. The van der Waals surface area contributed by atoms with Gasteiger partial charge in [-0.3, -0.25) is 0 Å². The van der Waals surface area contributed by atoms with E-state index in [9.17, 15) is 15.8 Å². The molecular formula is C27H32N4O2. The van der Waals surface area contributed by atoms with Crippen molar-refractivity contribution in [2.24, 2.45) is 28.4 Å². The normalized spacial score (nSPS) is 23.9. The third-order valence-corrected chi connectivity index (χ3v) is 7.03. The van der Waals surface area contributed by atoms with Crippen molar-refractivity contribution < 1.29 is 9.47 Å². The van der Waals surface area contributed by atoms with Gasteiger partial charge >= 0.3 is 0 Å². The molecule has 0 fully saturated rings. The van der Waals surface area contributed by atoms with E-state index in [2.05, 4.69) is 45.1 Å². The maximum atomic E-state index is 10.3. The van der Waals surface area contributed by atoms with E-state index < -0.39 is 11.3 Å². The second kappa shape index (κ2) is 9.21. The highest BCUT2D eigenvalue weighted by molar-refractivity contribution is 5.60. The van der Waals surface area contributed by atoms with Crippen LogP contribution in [-0.4, -0.2) is 13.2 Å². The summed E-state index contributed by atoms with van der Waals surface area (Å²) in [7, 11) is 0. The molecule has 0 unspecified atom stereocenters. The van der Waals surface area contributed by atoms with Crippen LogP contribution in [0.15, 0.2) is 41.1 Å². The summed E-state index contributed by atoms with van der Waals surface area (Å²) in [5.41, 5.74) is 6.80. The Morgan fingerprint density at radius 1 is 1.06 bits per heavy atom. The largest absolute Gasteiger partial charge is 0.490 e. The lowest BCUT2D eigenvalue weighted by atomic mass is 9.54. The molecule has 3 atom stereocenters. The van der Waals surface area contributed by atoms with E-state index in [1.165, 1.54) is 0 Å². The highest BCUT2D eigenvalue weighted by Gasteiger charge is 2.55. The molecule has 172 valence electrons. The number of nitriles is 3. The first-order valence-electron chi connectivity index (χ1n) is 11.5. The van der Waals surface area contributed by atoms with Gasteiger partial charge in [-0.2, -0.15) is 15.8 Å². The minimum absolute atomic E-state index is 0.0450. The minimum Gasteiger partial charge on any atom is -0.490 e. The fourth-order valence-electron chi connectivity index (χ4n) is 5.24. The van der Waals surface area contributed by atoms with Gasteiger partial charge in [-0.1, -0.05) is 32.9 Å². The highest BCUT2D eigenvalue weighted by Crippen LogP contribution is 2.58. The van der Waals surface area contributed by atoms with Crippen LogP contribution in [0.25, 0.3) is 0 Å². The van der Waals surface area contributed by atoms with E-state index in [0.717, 1.165) is 24.0 Å². The summed E-state index contributed by atoms with van der Waals surface area (Å²) in [6, 6.07) is 12.2. The number of fused-ring (bicyclic) bond motifs is 1. The van der Waals surface area contributed by atoms with Crippen molar-refractivity contribution in [3.8, 4) is 29.7 Å². The maximum Gasteiger partial charge on any atom is 0.191 e. The molecule has 6 nitrogen and oxygen atoms in total. The van der Waals surface area contributed by atoms with Crippen LogP contribution in [0, 0.1) is 56.7 Å². The minimum atomic E-state index is -1.65. The molecule has 2 N–H and O–H groups in total. The molecule has 2 aliphatic carbocycles. The molecule has 0 bridgehead atoms. The first-order chi connectivity index (χ1) is 15.7. The molecule has 0 amide bonds. The van der Waals surface area contributed by atoms with Crippen molar-refractivity contribution in [3.63, 3.8) is 0 Å². The third-order valence-electron chi connectivity index (χ3n) is 7.03. The molecule has 0 aromatic heterocycles. The number of allylic oxidation sites excluding steroid dienone is 4. The zero-order chi connectivity index (χ0) is 24.4. The van der Waals surface area contributed by atoms with Crippen LogP contribution in [-0.2, 0) is 0 Å². The van der Waals surface area contributed by atoms with Gasteiger partial charge in [0.05, 0.1) is 36.6 Å². The van der Waals surface area contributed by atoms with Crippen LogP contribution in [0.2, 0.25) is 0 Å². The topological polar surface area (TPSA) is 116 Å². The van der Waals surface area contributed by atoms with E-state index in [0.29, 0.717) is 30.6 Å². The number of benzene rings is 1. The molecule has 0 saturated carbocycles. The van der Waals surface area contributed by atoms with Crippen molar-refractivity contribution in [3.05, 3.63) is 46.7 Å². The Kier molecular flexibility index (Phi) is 6.76. The van der Waals surface area contributed by atoms with Crippen LogP contribution in [0.5, 0.6) is 11.5 Å². The summed E-state index contributed by atoms with van der Waals surface area (Å²) in [5.74, 6) is 0.820. The average molecular weight is 445 g/mol. The molecule has 0 saturated heterocycles. The lowest BCUT2D eigenvalue weighted by molar-refractivity contribution is 0.170. The van der Waals surface area contributed by atoms with Crippen molar-refractivity contribution in [1.82, 2.24) is 0 Å². The van der Waals surface area contributed by atoms with Crippen molar-refractivity contribution in [2.45, 2.75) is 53.4 Å². The van der Waals surface area contributed by atoms with Crippen LogP contribution >= 0.6 is 0 Å². The summed E-state index contributed by atoms with van der Waals surface area (Å²) in [6.45, 7) is 11.4. The van der Waals surface area contributed by atoms with Gasteiger partial charge in [-0.25, -0.2) is 0 Å². The molecule has 0 heterocycles. The molecule has 2 aliphatic rings. The number of hydrogen-bond acceptors (Lipinski definition) is 6. The Morgan fingerprint density at radius 2 is 1.70 bits per heavy atom. The smallest absolute Gasteiger partial charge is 0.191 e. The lowest BCUT2D eigenvalue weighted by Crippen LogP contribution is -2.44. The molecule has 33 heavy (non-hydrogen) atoms. The monoisotopic (exact) mass is 444 g/mol. The van der Waals surface area contributed by atoms with E-state index >= 15 is 0 Å². The van der Waals surface area contributed by atoms with Crippen LogP contribution in [0.3, 0.4) is 0 Å². The molecular weight excluding hydrogens is 412 g/mol. The molecule has 0 aliphatic heterocycles. The molecule has 3 rings (SSSR count). The Bertz CT molecular complexity index is 1090. The second-order valence-electron chi connectivity index (χ2n) is 9.78. The maximum absolute atomic E-state index is 10.3. The zero-order valence-electron chi connectivity index (χ0n) is 20.1. The van der Waals surface area contributed by atoms with Crippen LogP contribution in [0.4, 0.5) is 0 Å². The van der Waals surface area contributed by atoms with Crippen molar-refractivity contribution in [2.75, 3.05) is 13.2 Å². The SMILES string of the molecule is CCOc1ccc([C@H]2[C@H]3C[C@H](C(C)(C)C)CC=C3C(C#N)=C(N)C2(C#N)C#N)cc1OCC. The van der Waals surface area contributed by atoms with E-state index in [4.69, 9.17) is 15.2 Å². The van der Waals surface area contributed by atoms with Gasteiger partial charge in [-0.15, -0.1) is 0 Å². The molecule has 1 aromatic carbocycles. The van der Waals surface area contributed by atoms with Crippen molar-refractivity contribution >= 4 is 0 Å². The van der Waals surface area contributed by atoms with Gasteiger partial charge in [0.2, 0.25) is 0 Å². The van der Waals surface area contributed by atoms with Crippen LogP contribution in [0.1, 0.15) is 58.9 Å². The lowest BCUT2D eigenvalue weighted by Gasteiger charge is -2.47. The van der Waals surface area contributed by atoms with Gasteiger partial charge in [-0.05, 0) is 67.2 Å². The molecule has 1 aromatic rings. The number of ether oxygens (including phenoxy) is 2. The number of rotatable bonds is 5. The Morgan fingerprint density at radius 3 is 2.24 bits per heavy atom. The molecule has 0 spiro atoms. The molecule has 6 heteroatoms. The average Bonchev–Trinajstić information content (AvgIpc) is 2.79. The Hall–Kier alpha value is -3.43. The van der Waals surface area contributed by atoms with E-state index in [1.54, 1.807) is 0 Å². The third kappa shape index (κ3) is 4.05. The van der Waals surface area contributed by atoms with Gasteiger partial charge < -0.3 is 15.2 Å². The van der Waals surface area contributed by atoms with Gasteiger partial charge in [0.1, 0.15) is 6.07 Å². The van der Waals surface area contributed by atoms with Crippen molar-refractivity contribution in [1.29, 1.82) is 15.8 Å². The fraction of sp³-hybridized carbons (Fsp3) is 0.519. The predicted molar refractivity (Wildman–Crippen MR) is 126 cm³/mol. The summed E-state index contributed by atoms with van der Waals surface area (Å²) in [6.07, 6.45) is 3.69. The first-order valence-corrected chi connectivity index (χ1v) is 11.5. The zero-order valence-corrected chi connectivity index (χ0v) is 20.1. The summed E-state index contributed by atoms with van der Waals surface area (Å²) < 4.78 is 11.6. The number of nitrogens with zero attached hydrogens (tertiary/aromatic N) is 3. The van der Waals surface area contributed by atoms with Gasteiger partial charge in [0, 0.05) is 5.92 Å². The first kappa shape index (κ1) is 24.2. The predicted octanol–water partition coefficient (Wildman–Crippen LogP) is 5.35. The van der Waals surface area contributed by atoms with E-state index in [1.807, 2.05) is 32.0 Å². The van der Waals surface area contributed by atoms with E-state index in [-0.39, 0.29) is 22.6 Å². The quantitative estimate of drug-likeness (QED) is 0.654. The fourth-order valence-corrected chi connectivity index (χ4v) is 5.24. The summed E-state index contributed by atoms with van der Waals surface area (Å²) in [5, 5.41) is 30.6. The highest BCUT2D eigenvalue weighted by atomic mass is 16.5. The van der Waals surface area contributed by atoms with Gasteiger partial charge in [0.25, 0.3) is 0 Å². The molecule has 0 radical (unpaired) electrons. The second-order valence-corrected chi connectivity index (χ2v) is 9.78.